The number of ether oxygens (including phenoxy) is 3. The van der Waals surface area contributed by atoms with E-state index >= 15 is 0 Å². The summed E-state index contributed by atoms with van der Waals surface area (Å²) >= 11 is 5.95. The average Bonchev–Trinajstić information content (AvgIpc) is 3.61. The summed E-state index contributed by atoms with van der Waals surface area (Å²) in [6.07, 6.45) is -2.21. The zero-order chi connectivity index (χ0) is 27.8. The minimum Gasteiger partial charge on any atom is -0.479 e. The van der Waals surface area contributed by atoms with Crippen LogP contribution in [0.25, 0.3) is 11.2 Å². The van der Waals surface area contributed by atoms with Crippen LogP contribution in [0.5, 0.6) is 5.75 Å². The number of carbonyl (C=O) groups is 1. The van der Waals surface area contributed by atoms with Crippen molar-refractivity contribution in [3.8, 4) is 5.75 Å². The lowest BCUT2D eigenvalue weighted by atomic mass is 9.93. The molecule has 206 valence electrons. The molecule has 17 heteroatoms. The zero-order valence-electron chi connectivity index (χ0n) is 20.3. The number of aromatic amines is 1. The molecule has 0 bridgehead atoms. The van der Waals surface area contributed by atoms with Gasteiger partial charge in [-0.15, -0.1) is 10.2 Å². The largest absolute Gasteiger partial charge is 0.479 e. The smallest absolute Gasteiger partial charge is 0.394 e. The highest BCUT2D eigenvalue weighted by Gasteiger charge is 2.47. The van der Waals surface area contributed by atoms with Crippen molar-refractivity contribution in [2.24, 2.45) is 0 Å². The number of nitrogens with one attached hydrogen (secondary N) is 1. The molecule has 4 aromatic rings. The Bertz CT molecular complexity index is 1480. The number of nitrogen functional groups attached to an aromatic ring is 1. The number of benzene rings is 1. The van der Waals surface area contributed by atoms with E-state index in [1.807, 2.05) is 0 Å². The van der Waals surface area contributed by atoms with E-state index in [1.54, 1.807) is 10.6 Å². The number of H-pyrrole nitrogens is 1. The Balaban J connectivity index is 1.36. The van der Waals surface area contributed by atoms with Gasteiger partial charge in [-0.1, -0.05) is 17.3 Å². The lowest BCUT2D eigenvalue weighted by molar-refractivity contribution is -0.175. The Morgan fingerprint density at radius 1 is 1.36 bits per heavy atom. The average molecular weight is 566 g/mol. The van der Waals surface area contributed by atoms with Crippen LogP contribution in [0.2, 0.25) is 5.28 Å². The third kappa shape index (κ3) is 5.57. The number of carboxylic acid groups (broad SMARTS) is 1. The third-order valence-electron chi connectivity index (χ3n) is 6.03. The standard InChI is InChI=1S/C22H22ClF2N9O5/c1-21(24,25)39-12-4-2-3-11(7-12)8-22(19(35)36,18-30-32-33-31-18)37-9-13-5-6-14(38-13)34-10-27-15-16(26)28-20(23)29-17(15)34/h2-4,7,10,13-14H,5-6,8-9H2,1H3,(H,35,36)(H2,26,28,29)(H,30,31,32,33)/t13-,14+,22?/m0/s1. The number of nitrogens with two attached hydrogens (primary N) is 1. The van der Waals surface area contributed by atoms with Crippen LogP contribution < -0.4 is 10.5 Å². The molecule has 5 rings (SSSR count). The summed E-state index contributed by atoms with van der Waals surface area (Å²) < 4.78 is 45.1. The number of nitrogens with zero attached hydrogens (tertiary/aromatic N) is 7. The van der Waals surface area contributed by atoms with Gasteiger partial charge in [-0.05, 0) is 42.1 Å². The molecular formula is C22H22ClF2N9O5. The Hall–Kier alpha value is -4.02. The van der Waals surface area contributed by atoms with Crippen LogP contribution in [-0.4, -0.2) is 70.0 Å². The summed E-state index contributed by atoms with van der Waals surface area (Å²) in [6.45, 7) is 0.437. The molecule has 39 heavy (non-hydrogen) atoms. The molecule has 3 atom stereocenters. The molecule has 14 nitrogen and oxygen atoms in total. The number of anilines is 1. The number of alkyl halides is 2. The van der Waals surface area contributed by atoms with E-state index in [2.05, 4.69) is 40.3 Å². The number of hydrogen-bond acceptors (Lipinski definition) is 11. The topological polar surface area (TPSA) is 189 Å². The van der Waals surface area contributed by atoms with Crippen molar-refractivity contribution in [2.45, 2.75) is 50.2 Å². The fourth-order valence-electron chi connectivity index (χ4n) is 4.34. The summed E-state index contributed by atoms with van der Waals surface area (Å²) in [5.41, 5.74) is 4.86. The van der Waals surface area contributed by atoms with E-state index in [0.717, 1.165) is 0 Å². The van der Waals surface area contributed by atoms with E-state index in [0.29, 0.717) is 36.5 Å². The lowest BCUT2D eigenvalue weighted by Crippen LogP contribution is -2.44. The van der Waals surface area contributed by atoms with Gasteiger partial charge in [0, 0.05) is 13.3 Å². The molecule has 1 aliphatic heterocycles. The molecule has 0 saturated carbocycles. The van der Waals surface area contributed by atoms with Gasteiger partial charge in [0.05, 0.1) is 19.0 Å². The second kappa shape index (κ2) is 10.3. The predicted molar refractivity (Wildman–Crippen MR) is 129 cm³/mol. The molecule has 1 fully saturated rings. The van der Waals surface area contributed by atoms with Crippen molar-refractivity contribution in [2.75, 3.05) is 12.3 Å². The van der Waals surface area contributed by atoms with Crippen LogP contribution in [-0.2, 0) is 26.3 Å². The third-order valence-corrected chi connectivity index (χ3v) is 6.20. The van der Waals surface area contributed by atoms with Crippen LogP contribution in [0.15, 0.2) is 30.6 Å². The van der Waals surface area contributed by atoms with E-state index in [9.17, 15) is 18.7 Å². The van der Waals surface area contributed by atoms with Crippen LogP contribution in [0, 0.1) is 0 Å². The van der Waals surface area contributed by atoms with Crippen LogP contribution in [0.1, 0.15) is 37.4 Å². The van der Waals surface area contributed by atoms with Crippen molar-refractivity contribution in [3.63, 3.8) is 0 Å². The van der Waals surface area contributed by atoms with Gasteiger partial charge in [0.2, 0.25) is 16.7 Å². The van der Waals surface area contributed by atoms with Crippen molar-refractivity contribution in [3.05, 3.63) is 47.3 Å². The minimum atomic E-state index is -3.42. The molecule has 4 heterocycles. The number of rotatable bonds is 10. The molecule has 1 aliphatic rings. The van der Waals surface area contributed by atoms with E-state index in [-0.39, 0.29) is 35.7 Å². The first-order valence-corrected chi connectivity index (χ1v) is 12.0. The Labute approximate surface area is 223 Å². The summed E-state index contributed by atoms with van der Waals surface area (Å²) in [5, 5.41) is 23.6. The van der Waals surface area contributed by atoms with E-state index in [4.69, 9.17) is 26.8 Å². The molecular weight excluding hydrogens is 544 g/mol. The highest BCUT2D eigenvalue weighted by atomic mass is 35.5. The number of hydrogen-bond donors (Lipinski definition) is 3. The monoisotopic (exact) mass is 565 g/mol. The SMILES string of the molecule is CC(F)(F)Oc1cccc(CC(OC[C@@H]2CC[C@H](n3cnc4c(N)nc(Cl)nc43)O2)(C(=O)O)c2nn[nH]n2)c1. The van der Waals surface area contributed by atoms with Gasteiger partial charge in [-0.25, -0.2) is 9.78 Å². The highest BCUT2D eigenvalue weighted by Crippen LogP contribution is 2.35. The predicted octanol–water partition coefficient (Wildman–Crippen LogP) is 2.48. The summed E-state index contributed by atoms with van der Waals surface area (Å²) in [7, 11) is 0. The first-order chi connectivity index (χ1) is 18.5. The molecule has 1 unspecified atom stereocenters. The maximum atomic E-state index is 13.4. The highest BCUT2D eigenvalue weighted by molar-refractivity contribution is 6.28. The van der Waals surface area contributed by atoms with Gasteiger partial charge in [-0.3, -0.25) is 4.57 Å². The van der Waals surface area contributed by atoms with E-state index in [1.165, 1.54) is 24.5 Å². The molecule has 4 N–H and O–H groups in total. The molecule has 1 saturated heterocycles. The molecule has 0 spiro atoms. The van der Waals surface area contributed by atoms with Gasteiger partial charge in [0.15, 0.2) is 11.5 Å². The first-order valence-electron chi connectivity index (χ1n) is 11.6. The number of imidazole rings is 1. The Morgan fingerprint density at radius 2 is 2.18 bits per heavy atom. The maximum absolute atomic E-state index is 13.4. The first kappa shape index (κ1) is 26.6. The Morgan fingerprint density at radius 3 is 2.90 bits per heavy atom. The number of aromatic nitrogens is 8. The maximum Gasteiger partial charge on any atom is 0.394 e. The fourth-order valence-corrected chi connectivity index (χ4v) is 4.52. The molecule has 0 amide bonds. The number of carboxylic acids is 1. The van der Waals surface area contributed by atoms with Gasteiger partial charge in [-0.2, -0.15) is 24.0 Å². The minimum absolute atomic E-state index is 0.0388. The van der Waals surface area contributed by atoms with Gasteiger partial charge in [0.25, 0.3) is 0 Å². The van der Waals surface area contributed by atoms with Gasteiger partial charge < -0.3 is 25.1 Å². The van der Waals surface area contributed by atoms with Crippen LogP contribution in [0.4, 0.5) is 14.6 Å². The van der Waals surface area contributed by atoms with Crippen molar-refractivity contribution >= 4 is 34.6 Å². The van der Waals surface area contributed by atoms with Crippen molar-refractivity contribution in [1.29, 1.82) is 0 Å². The van der Waals surface area contributed by atoms with Crippen LogP contribution >= 0.6 is 11.6 Å². The van der Waals surface area contributed by atoms with Crippen molar-refractivity contribution in [1.82, 2.24) is 40.1 Å². The Kier molecular flexibility index (Phi) is 7.00. The summed E-state index contributed by atoms with van der Waals surface area (Å²) in [6, 6.07) is 5.63. The second-order valence-electron chi connectivity index (χ2n) is 8.90. The summed E-state index contributed by atoms with van der Waals surface area (Å²) in [4.78, 5) is 24.9. The molecule has 1 aromatic carbocycles. The fraction of sp³-hybridized carbons (Fsp3) is 0.409. The quantitative estimate of drug-likeness (QED) is 0.238. The van der Waals surface area contributed by atoms with E-state index < -0.39 is 30.0 Å². The number of fused-ring (bicyclic) bond motifs is 1. The summed E-state index contributed by atoms with van der Waals surface area (Å²) in [5.74, 6) is -1.68. The molecule has 3 aromatic heterocycles. The zero-order valence-corrected chi connectivity index (χ0v) is 21.0. The number of halogens is 3. The van der Waals surface area contributed by atoms with Crippen molar-refractivity contribution < 1.29 is 32.9 Å². The van der Waals surface area contributed by atoms with Gasteiger partial charge >= 0.3 is 12.1 Å². The van der Waals surface area contributed by atoms with Gasteiger partial charge in [0.1, 0.15) is 17.5 Å². The lowest BCUT2D eigenvalue weighted by Gasteiger charge is -2.28. The molecule has 0 radical (unpaired) electrons. The second-order valence-corrected chi connectivity index (χ2v) is 9.24. The molecule has 0 aliphatic carbocycles. The number of aliphatic carboxylic acids is 1. The number of tetrazole rings is 1. The normalized spacial score (nSPS) is 19.3. The van der Waals surface area contributed by atoms with Crippen LogP contribution in [0.3, 0.4) is 0 Å².